The van der Waals surface area contributed by atoms with E-state index >= 15 is 0 Å². The van der Waals surface area contributed by atoms with E-state index in [4.69, 9.17) is 0 Å². The van der Waals surface area contributed by atoms with Crippen molar-refractivity contribution >= 4 is 0 Å². The Morgan fingerprint density at radius 2 is 1.28 bits per heavy atom. The molecule has 3 aromatic carbocycles. The molecule has 3 aromatic rings. The van der Waals surface area contributed by atoms with Gasteiger partial charge in [0.1, 0.15) is 0 Å². The van der Waals surface area contributed by atoms with Crippen LogP contribution in [0.4, 0.5) is 0 Å². The Morgan fingerprint density at radius 3 is 1.96 bits per heavy atom. The molecule has 0 aromatic heterocycles. The molecule has 0 atom stereocenters. The van der Waals surface area contributed by atoms with Gasteiger partial charge >= 0.3 is 0 Å². The van der Waals surface area contributed by atoms with Gasteiger partial charge in [-0.25, -0.2) is 0 Å². The van der Waals surface area contributed by atoms with Gasteiger partial charge in [-0.1, -0.05) is 78.9 Å². The maximum absolute atomic E-state index is 2.43. The third kappa shape index (κ3) is 3.67. The Hall–Kier alpha value is -2.38. The van der Waals surface area contributed by atoms with Crippen LogP contribution in [0.15, 0.2) is 78.9 Å². The highest BCUT2D eigenvalue weighted by Gasteiger charge is 2.26. The lowest BCUT2D eigenvalue weighted by atomic mass is 9.91. The van der Waals surface area contributed by atoms with E-state index in [-0.39, 0.29) is 5.54 Å². The summed E-state index contributed by atoms with van der Waals surface area (Å²) >= 11 is 0. The van der Waals surface area contributed by atoms with Crippen LogP contribution in [0.2, 0.25) is 0 Å². The fourth-order valence-electron chi connectivity index (χ4n) is 3.32. The van der Waals surface area contributed by atoms with Crippen LogP contribution >= 0.6 is 0 Å². The summed E-state index contributed by atoms with van der Waals surface area (Å²) in [6, 6.07) is 28.1. The minimum Gasteiger partial charge on any atom is -0.293 e. The van der Waals surface area contributed by atoms with Crippen LogP contribution in [0, 0.1) is 6.92 Å². The van der Waals surface area contributed by atoms with Gasteiger partial charge in [0.25, 0.3) is 0 Å². The molecule has 0 saturated carbocycles. The minimum atomic E-state index is -0.0277. The zero-order valence-corrected chi connectivity index (χ0v) is 15.7. The molecule has 0 fully saturated rings. The number of rotatable bonds is 5. The summed E-state index contributed by atoms with van der Waals surface area (Å²) in [4.78, 5) is 2.43. The molecule has 0 radical (unpaired) electrons. The monoisotopic (exact) mass is 329 g/mol. The first kappa shape index (κ1) is 17.4. The Balaban J connectivity index is 1.93. The zero-order chi connectivity index (χ0) is 17.9. The van der Waals surface area contributed by atoms with Crippen molar-refractivity contribution in [1.29, 1.82) is 0 Å². The maximum Gasteiger partial charge on any atom is 0.0404 e. The summed E-state index contributed by atoms with van der Waals surface area (Å²) in [5.74, 6) is 0. The lowest BCUT2D eigenvalue weighted by molar-refractivity contribution is 0.148. The number of aryl methyl sites for hydroxylation is 1. The maximum atomic E-state index is 2.43. The molecule has 0 unspecified atom stereocenters. The second-order valence-electron chi connectivity index (χ2n) is 7.25. The Morgan fingerprint density at radius 1 is 0.720 bits per heavy atom. The van der Waals surface area contributed by atoms with Crippen molar-refractivity contribution in [1.82, 2.24) is 4.90 Å². The van der Waals surface area contributed by atoms with E-state index in [1.807, 2.05) is 0 Å². The standard InChI is InChI=1S/C24H27N/c1-19-12-8-10-16-22(19)23-17-11-9-13-20(23)18-25(4)24(2,3)21-14-6-5-7-15-21/h5-17H,18H2,1-4H3. The van der Waals surface area contributed by atoms with E-state index in [0.29, 0.717) is 0 Å². The van der Waals surface area contributed by atoms with Gasteiger partial charge in [0, 0.05) is 12.1 Å². The lowest BCUT2D eigenvalue weighted by Crippen LogP contribution is -2.38. The summed E-state index contributed by atoms with van der Waals surface area (Å²) in [6.45, 7) is 7.67. The summed E-state index contributed by atoms with van der Waals surface area (Å²) < 4.78 is 0. The van der Waals surface area contributed by atoms with Crippen LogP contribution in [0.5, 0.6) is 0 Å². The first-order valence-electron chi connectivity index (χ1n) is 8.91. The Bertz CT molecular complexity index is 833. The van der Waals surface area contributed by atoms with Gasteiger partial charge in [-0.05, 0) is 55.6 Å². The smallest absolute Gasteiger partial charge is 0.0404 e. The van der Waals surface area contributed by atoms with Crippen molar-refractivity contribution in [3.63, 3.8) is 0 Å². The van der Waals surface area contributed by atoms with Crippen LogP contribution in [-0.2, 0) is 12.1 Å². The number of hydrogen-bond acceptors (Lipinski definition) is 1. The van der Waals surface area contributed by atoms with Crippen molar-refractivity contribution in [2.75, 3.05) is 7.05 Å². The van der Waals surface area contributed by atoms with Crippen molar-refractivity contribution in [3.8, 4) is 11.1 Å². The topological polar surface area (TPSA) is 3.24 Å². The van der Waals surface area contributed by atoms with E-state index in [1.54, 1.807) is 0 Å². The highest BCUT2D eigenvalue weighted by molar-refractivity contribution is 5.70. The quantitative estimate of drug-likeness (QED) is 0.552. The Labute approximate surface area is 151 Å². The molecule has 0 heterocycles. The van der Waals surface area contributed by atoms with Gasteiger partial charge in [0.15, 0.2) is 0 Å². The minimum absolute atomic E-state index is 0.0277. The van der Waals surface area contributed by atoms with E-state index in [2.05, 4.69) is 112 Å². The van der Waals surface area contributed by atoms with Gasteiger partial charge in [-0.3, -0.25) is 4.90 Å². The fraction of sp³-hybridized carbons (Fsp3) is 0.250. The second kappa shape index (κ2) is 7.25. The summed E-state index contributed by atoms with van der Waals surface area (Å²) in [5.41, 5.74) is 6.65. The number of hydrogen-bond donors (Lipinski definition) is 0. The average molecular weight is 329 g/mol. The van der Waals surface area contributed by atoms with Gasteiger partial charge in [-0.15, -0.1) is 0 Å². The predicted molar refractivity (Wildman–Crippen MR) is 108 cm³/mol. The van der Waals surface area contributed by atoms with Gasteiger partial charge in [0.05, 0.1) is 0 Å². The normalized spacial score (nSPS) is 11.7. The van der Waals surface area contributed by atoms with Crippen molar-refractivity contribution in [3.05, 3.63) is 95.6 Å². The largest absolute Gasteiger partial charge is 0.293 e. The van der Waals surface area contributed by atoms with E-state index < -0.39 is 0 Å². The first-order chi connectivity index (χ1) is 12.0. The molecule has 0 aliphatic heterocycles. The average Bonchev–Trinajstić information content (AvgIpc) is 2.63. The fourth-order valence-corrected chi connectivity index (χ4v) is 3.32. The highest BCUT2D eigenvalue weighted by atomic mass is 15.2. The molecule has 1 nitrogen and oxygen atoms in total. The highest BCUT2D eigenvalue weighted by Crippen LogP contribution is 2.31. The summed E-state index contributed by atoms with van der Waals surface area (Å²) in [7, 11) is 2.21. The summed E-state index contributed by atoms with van der Waals surface area (Å²) in [6.07, 6.45) is 0. The van der Waals surface area contributed by atoms with E-state index in [9.17, 15) is 0 Å². The molecule has 0 spiro atoms. The molecule has 0 bridgehead atoms. The molecule has 0 saturated heterocycles. The van der Waals surface area contributed by atoms with E-state index in [1.165, 1.54) is 27.8 Å². The lowest BCUT2D eigenvalue weighted by Gasteiger charge is -2.36. The van der Waals surface area contributed by atoms with Crippen LogP contribution in [0.1, 0.15) is 30.5 Å². The molecular formula is C24H27N. The molecule has 128 valence electrons. The number of nitrogens with zero attached hydrogens (tertiary/aromatic N) is 1. The molecule has 25 heavy (non-hydrogen) atoms. The van der Waals surface area contributed by atoms with Crippen LogP contribution in [0.25, 0.3) is 11.1 Å². The molecular weight excluding hydrogens is 302 g/mol. The molecule has 0 amide bonds. The third-order valence-electron chi connectivity index (χ3n) is 5.29. The predicted octanol–water partition coefficient (Wildman–Crippen LogP) is 6.03. The van der Waals surface area contributed by atoms with Crippen LogP contribution < -0.4 is 0 Å². The van der Waals surface area contributed by atoms with Crippen LogP contribution in [-0.4, -0.2) is 11.9 Å². The van der Waals surface area contributed by atoms with Gasteiger partial charge in [-0.2, -0.15) is 0 Å². The molecule has 1 heteroatoms. The molecule has 3 rings (SSSR count). The van der Waals surface area contributed by atoms with E-state index in [0.717, 1.165) is 6.54 Å². The van der Waals surface area contributed by atoms with Crippen LogP contribution in [0.3, 0.4) is 0 Å². The molecule has 0 N–H and O–H groups in total. The molecule has 0 aliphatic rings. The van der Waals surface area contributed by atoms with Crippen molar-refractivity contribution in [2.45, 2.75) is 32.9 Å². The summed E-state index contributed by atoms with van der Waals surface area (Å²) in [5, 5.41) is 0. The first-order valence-corrected chi connectivity index (χ1v) is 8.91. The second-order valence-corrected chi connectivity index (χ2v) is 7.25. The zero-order valence-electron chi connectivity index (χ0n) is 15.7. The van der Waals surface area contributed by atoms with Crippen molar-refractivity contribution < 1.29 is 0 Å². The van der Waals surface area contributed by atoms with Crippen molar-refractivity contribution in [2.24, 2.45) is 0 Å². The Kier molecular flexibility index (Phi) is 5.06. The van der Waals surface area contributed by atoms with Gasteiger partial charge < -0.3 is 0 Å². The SMILES string of the molecule is Cc1ccccc1-c1ccccc1CN(C)C(C)(C)c1ccccc1. The molecule has 0 aliphatic carbocycles. The third-order valence-corrected chi connectivity index (χ3v) is 5.29. The van der Waals surface area contributed by atoms with Gasteiger partial charge in [0.2, 0.25) is 0 Å². The number of benzene rings is 3.